The van der Waals surface area contributed by atoms with Crippen molar-refractivity contribution in [2.75, 3.05) is 0 Å². The lowest BCUT2D eigenvalue weighted by molar-refractivity contribution is -0.662. The molecule has 1 fully saturated rings. The Kier molecular flexibility index (Phi) is 5.05. The summed E-state index contributed by atoms with van der Waals surface area (Å²) < 4.78 is 2.14. The molecule has 31 heavy (non-hydrogen) atoms. The van der Waals surface area contributed by atoms with Crippen molar-refractivity contribution in [3.05, 3.63) is 77.2 Å². The fourth-order valence-electron chi connectivity index (χ4n) is 5.09. The van der Waals surface area contributed by atoms with Crippen LogP contribution in [0.4, 0.5) is 0 Å². The second kappa shape index (κ2) is 7.88. The third-order valence-corrected chi connectivity index (χ3v) is 6.95. The van der Waals surface area contributed by atoms with Gasteiger partial charge in [-0.3, -0.25) is 4.98 Å². The quantitative estimate of drug-likeness (QED) is 0.369. The van der Waals surface area contributed by atoms with E-state index in [4.69, 9.17) is 9.97 Å². The molecule has 0 N–H and O–H groups in total. The van der Waals surface area contributed by atoms with Gasteiger partial charge in [-0.1, -0.05) is 36.6 Å². The van der Waals surface area contributed by atoms with Gasteiger partial charge in [0.15, 0.2) is 5.52 Å². The maximum Gasteiger partial charge on any atom is 0.287 e. The minimum Gasteiger partial charge on any atom is -0.256 e. The Bertz CT molecular complexity index is 1270. The largest absolute Gasteiger partial charge is 0.287 e. The number of rotatable bonds is 3. The number of nitrogens with zero attached hydrogens (tertiary/aromatic N) is 3. The fourth-order valence-corrected chi connectivity index (χ4v) is 5.09. The average Bonchev–Trinajstić information content (AvgIpc) is 3.31. The predicted molar refractivity (Wildman–Crippen MR) is 127 cm³/mol. The van der Waals surface area contributed by atoms with Crippen molar-refractivity contribution in [1.29, 1.82) is 0 Å². The van der Waals surface area contributed by atoms with Crippen LogP contribution in [-0.2, 0) is 7.05 Å². The molecule has 0 radical (unpaired) electrons. The van der Waals surface area contributed by atoms with Crippen molar-refractivity contribution in [2.24, 2.45) is 7.05 Å². The van der Waals surface area contributed by atoms with Gasteiger partial charge in [-0.2, -0.15) is 0 Å². The van der Waals surface area contributed by atoms with Crippen LogP contribution in [0.2, 0.25) is 0 Å². The van der Waals surface area contributed by atoms with Crippen molar-refractivity contribution in [3.8, 4) is 22.5 Å². The number of hydrogen-bond acceptors (Lipinski definition) is 2. The monoisotopic (exact) mass is 408 g/mol. The topological polar surface area (TPSA) is 29.7 Å². The molecule has 2 aromatic carbocycles. The Morgan fingerprint density at radius 2 is 1.71 bits per heavy atom. The molecule has 1 saturated carbocycles. The highest BCUT2D eigenvalue weighted by Gasteiger charge is 2.20. The molecule has 0 spiro atoms. The summed E-state index contributed by atoms with van der Waals surface area (Å²) in [5.41, 5.74) is 10.9. The summed E-state index contributed by atoms with van der Waals surface area (Å²) in [5, 5.41) is 1.17. The van der Waals surface area contributed by atoms with Gasteiger partial charge in [-0.05, 0) is 85.5 Å². The van der Waals surface area contributed by atoms with Gasteiger partial charge >= 0.3 is 0 Å². The zero-order valence-electron chi connectivity index (χ0n) is 18.9. The summed E-state index contributed by atoms with van der Waals surface area (Å²) in [4.78, 5) is 9.55. The number of fused-ring (bicyclic) bond motifs is 1. The summed E-state index contributed by atoms with van der Waals surface area (Å²) in [6, 6.07) is 15.5. The minimum absolute atomic E-state index is 0.698. The lowest BCUT2D eigenvalue weighted by Crippen LogP contribution is -2.32. The third-order valence-electron chi connectivity index (χ3n) is 6.95. The van der Waals surface area contributed by atoms with Crippen molar-refractivity contribution >= 4 is 10.9 Å². The van der Waals surface area contributed by atoms with Crippen LogP contribution >= 0.6 is 0 Å². The second-order valence-corrected chi connectivity index (χ2v) is 9.15. The molecular formula is C28H30N3+. The van der Waals surface area contributed by atoms with E-state index in [0.29, 0.717) is 5.92 Å². The maximum absolute atomic E-state index is 4.80. The molecule has 0 aliphatic heterocycles. The molecule has 156 valence electrons. The summed E-state index contributed by atoms with van der Waals surface area (Å²) in [5.74, 6) is 0.698. The second-order valence-electron chi connectivity index (χ2n) is 9.15. The standard InChI is InChI=1S/C28H30N3/c1-18-13-19(2)20(3)25(14-18)28-24-11-9-22(15-27(24)30-17-31(28)4)26-12-10-23(16-29-26)21-7-5-6-8-21/h9-17,21H,5-8H2,1-4H3/q+1. The van der Waals surface area contributed by atoms with E-state index in [1.165, 1.54) is 64.6 Å². The summed E-state index contributed by atoms with van der Waals surface area (Å²) in [6.07, 6.45) is 9.31. The number of aromatic nitrogens is 3. The van der Waals surface area contributed by atoms with Gasteiger partial charge in [-0.25, -0.2) is 4.57 Å². The Morgan fingerprint density at radius 1 is 0.903 bits per heavy atom. The first-order chi connectivity index (χ1) is 15.0. The van der Waals surface area contributed by atoms with Crippen LogP contribution in [-0.4, -0.2) is 9.97 Å². The number of aryl methyl sites for hydroxylation is 3. The van der Waals surface area contributed by atoms with E-state index in [9.17, 15) is 0 Å². The van der Waals surface area contributed by atoms with E-state index in [1.54, 1.807) is 0 Å². The van der Waals surface area contributed by atoms with E-state index >= 15 is 0 Å². The zero-order chi connectivity index (χ0) is 21.5. The van der Waals surface area contributed by atoms with Gasteiger partial charge < -0.3 is 0 Å². The molecule has 0 amide bonds. The molecule has 0 saturated heterocycles. The molecule has 0 unspecified atom stereocenters. The highest BCUT2D eigenvalue weighted by Crippen LogP contribution is 2.35. The summed E-state index contributed by atoms with van der Waals surface area (Å²) in [7, 11) is 2.08. The highest BCUT2D eigenvalue weighted by atomic mass is 15.0. The van der Waals surface area contributed by atoms with Gasteiger partial charge in [-0.15, -0.1) is 0 Å². The molecular weight excluding hydrogens is 378 g/mol. The van der Waals surface area contributed by atoms with Gasteiger partial charge in [0, 0.05) is 17.3 Å². The van der Waals surface area contributed by atoms with Crippen molar-refractivity contribution in [2.45, 2.75) is 52.4 Å². The Morgan fingerprint density at radius 3 is 2.45 bits per heavy atom. The van der Waals surface area contributed by atoms with Crippen LogP contribution in [0.15, 0.2) is 55.0 Å². The molecule has 0 atom stereocenters. The van der Waals surface area contributed by atoms with Gasteiger partial charge in [0.1, 0.15) is 5.69 Å². The van der Waals surface area contributed by atoms with E-state index in [2.05, 4.69) is 81.0 Å². The van der Waals surface area contributed by atoms with Crippen molar-refractivity contribution in [1.82, 2.24) is 9.97 Å². The van der Waals surface area contributed by atoms with Crippen LogP contribution in [0.25, 0.3) is 33.4 Å². The molecule has 0 bridgehead atoms. The van der Waals surface area contributed by atoms with Crippen molar-refractivity contribution in [3.63, 3.8) is 0 Å². The highest BCUT2D eigenvalue weighted by molar-refractivity contribution is 5.93. The maximum atomic E-state index is 4.80. The van der Waals surface area contributed by atoms with Crippen molar-refractivity contribution < 1.29 is 4.57 Å². The first kappa shape index (κ1) is 19.9. The lowest BCUT2D eigenvalue weighted by atomic mass is 9.95. The van der Waals surface area contributed by atoms with E-state index in [1.807, 2.05) is 6.33 Å². The molecule has 3 nitrogen and oxygen atoms in total. The Labute approximate surface area is 184 Å². The average molecular weight is 409 g/mol. The Hall–Kier alpha value is -3.07. The van der Waals surface area contributed by atoms with E-state index in [-0.39, 0.29) is 0 Å². The first-order valence-electron chi connectivity index (χ1n) is 11.3. The van der Waals surface area contributed by atoms with Gasteiger partial charge in [0.05, 0.1) is 18.1 Å². The van der Waals surface area contributed by atoms with Gasteiger partial charge in [0.25, 0.3) is 6.33 Å². The van der Waals surface area contributed by atoms with E-state index < -0.39 is 0 Å². The zero-order valence-corrected chi connectivity index (χ0v) is 18.9. The molecule has 2 heterocycles. The minimum atomic E-state index is 0.698. The third kappa shape index (κ3) is 3.63. The first-order valence-corrected chi connectivity index (χ1v) is 11.3. The Balaban J connectivity index is 1.58. The van der Waals surface area contributed by atoms with Crippen LogP contribution < -0.4 is 4.57 Å². The normalized spacial score (nSPS) is 14.5. The molecule has 5 rings (SSSR count). The molecule has 3 heteroatoms. The summed E-state index contributed by atoms with van der Waals surface area (Å²) >= 11 is 0. The SMILES string of the molecule is Cc1cc(C)c(C)c(-c2c3ccc(-c4ccc(C5CCCC5)cn4)cc3nc[n+]2C)c1. The van der Waals surface area contributed by atoms with Crippen LogP contribution in [0.3, 0.4) is 0 Å². The van der Waals surface area contributed by atoms with Crippen LogP contribution in [0.1, 0.15) is 53.9 Å². The predicted octanol–water partition coefficient (Wildman–Crippen LogP) is 6.37. The lowest BCUT2D eigenvalue weighted by Gasteiger charge is -2.13. The summed E-state index contributed by atoms with van der Waals surface area (Å²) in [6.45, 7) is 6.56. The number of pyridine rings is 1. The molecule has 1 aliphatic carbocycles. The van der Waals surface area contributed by atoms with Crippen LogP contribution in [0.5, 0.6) is 0 Å². The number of hydrogen-bond donors (Lipinski definition) is 0. The fraction of sp³-hybridized carbons (Fsp3) is 0.321. The van der Waals surface area contributed by atoms with Crippen LogP contribution in [0, 0.1) is 20.8 Å². The molecule has 2 aromatic heterocycles. The smallest absolute Gasteiger partial charge is 0.256 e. The number of benzene rings is 2. The van der Waals surface area contributed by atoms with Gasteiger partial charge in [0.2, 0.25) is 0 Å². The van der Waals surface area contributed by atoms with E-state index in [0.717, 1.165) is 16.8 Å². The molecule has 1 aliphatic rings. The molecule has 4 aromatic rings.